The lowest BCUT2D eigenvalue weighted by atomic mass is 10.0. The summed E-state index contributed by atoms with van der Waals surface area (Å²) in [7, 11) is 1.69. The minimum Gasteiger partial charge on any atom is -0.497 e. The maximum Gasteiger partial charge on any atom is 0.258 e. The van der Waals surface area contributed by atoms with E-state index in [9.17, 15) is 0 Å². The van der Waals surface area contributed by atoms with Gasteiger partial charge in [-0.25, -0.2) is 4.98 Å². The molecule has 0 N–H and O–H groups in total. The first-order chi connectivity index (χ1) is 12.2. The largest absolute Gasteiger partial charge is 0.497 e. The van der Waals surface area contributed by atoms with Gasteiger partial charge in [0.1, 0.15) is 11.6 Å². The maximum absolute atomic E-state index is 5.28. The van der Waals surface area contributed by atoms with Gasteiger partial charge in [0.25, 0.3) is 5.89 Å². The van der Waals surface area contributed by atoms with Gasteiger partial charge in [-0.05, 0) is 49.6 Å². The minimum absolute atomic E-state index is 0.318. The number of hydrogen-bond acceptors (Lipinski definition) is 6. The molecule has 0 aliphatic carbocycles. The molecular weight excluding hydrogens is 316 g/mol. The van der Waals surface area contributed by atoms with E-state index in [0.717, 1.165) is 36.5 Å². The first-order valence-corrected chi connectivity index (χ1v) is 8.42. The Balaban J connectivity index is 1.63. The molecule has 3 heterocycles. The van der Waals surface area contributed by atoms with Gasteiger partial charge < -0.3 is 14.2 Å². The van der Waals surface area contributed by atoms with Crippen molar-refractivity contribution in [1.29, 1.82) is 0 Å². The number of ether oxygens (including phenoxy) is 1. The molecule has 1 saturated heterocycles. The predicted molar refractivity (Wildman–Crippen MR) is 94.6 cm³/mol. The molecule has 6 heteroatoms. The van der Waals surface area contributed by atoms with Gasteiger partial charge in [0.2, 0.25) is 0 Å². The van der Waals surface area contributed by atoms with Crippen LogP contribution in [0.25, 0.3) is 11.5 Å². The Kier molecular flexibility index (Phi) is 4.09. The molecule has 0 radical (unpaired) electrons. The average Bonchev–Trinajstić information content (AvgIpc) is 3.31. The average molecular weight is 336 g/mol. The molecule has 2 aromatic heterocycles. The van der Waals surface area contributed by atoms with Crippen molar-refractivity contribution in [3.05, 3.63) is 54.0 Å². The second-order valence-corrected chi connectivity index (χ2v) is 6.17. The number of methoxy groups -OCH3 is 1. The van der Waals surface area contributed by atoms with Gasteiger partial charge in [-0.3, -0.25) is 0 Å². The summed E-state index contributed by atoms with van der Waals surface area (Å²) >= 11 is 0. The normalized spacial score (nSPS) is 17.0. The summed E-state index contributed by atoms with van der Waals surface area (Å²) in [4.78, 5) is 11.2. The van der Waals surface area contributed by atoms with Crippen molar-refractivity contribution in [2.24, 2.45) is 0 Å². The number of aryl methyl sites for hydroxylation is 1. The van der Waals surface area contributed by atoms with Gasteiger partial charge >= 0.3 is 0 Å². The summed E-state index contributed by atoms with van der Waals surface area (Å²) in [5.41, 5.74) is 2.17. The fourth-order valence-corrected chi connectivity index (χ4v) is 3.34. The summed E-state index contributed by atoms with van der Waals surface area (Å²) in [5.74, 6) is 2.97. The number of rotatable bonds is 4. The number of anilines is 1. The van der Waals surface area contributed by atoms with Crippen LogP contribution in [0.5, 0.6) is 5.75 Å². The van der Waals surface area contributed by atoms with Crippen LogP contribution >= 0.6 is 0 Å². The summed E-state index contributed by atoms with van der Waals surface area (Å²) in [6, 6.07) is 12.5. The van der Waals surface area contributed by atoms with Crippen LogP contribution in [0.3, 0.4) is 0 Å². The fraction of sp³-hybridized carbons (Fsp3) is 0.316. The van der Waals surface area contributed by atoms with Crippen molar-refractivity contribution in [2.75, 3.05) is 18.6 Å². The number of aromatic nitrogens is 3. The van der Waals surface area contributed by atoms with Gasteiger partial charge in [-0.15, -0.1) is 0 Å². The van der Waals surface area contributed by atoms with E-state index in [2.05, 4.69) is 32.2 Å². The number of benzene rings is 1. The third-order valence-corrected chi connectivity index (χ3v) is 4.57. The molecule has 3 aromatic rings. The van der Waals surface area contributed by atoms with E-state index < -0.39 is 0 Å². The van der Waals surface area contributed by atoms with Crippen LogP contribution in [0, 0.1) is 6.92 Å². The smallest absolute Gasteiger partial charge is 0.258 e. The van der Waals surface area contributed by atoms with Crippen molar-refractivity contribution in [3.8, 4) is 17.2 Å². The van der Waals surface area contributed by atoms with Crippen molar-refractivity contribution in [2.45, 2.75) is 25.8 Å². The third-order valence-electron chi connectivity index (χ3n) is 4.57. The Morgan fingerprint density at radius 2 is 2.04 bits per heavy atom. The topological polar surface area (TPSA) is 64.3 Å². The molecular formula is C19H20N4O2. The van der Waals surface area contributed by atoms with Crippen LogP contribution in [-0.2, 0) is 0 Å². The van der Waals surface area contributed by atoms with Crippen molar-refractivity contribution >= 4 is 5.82 Å². The highest BCUT2D eigenvalue weighted by Gasteiger charge is 2.27. The highest BCUT2D eigenvalue weighted by Crippen LogP contribution is 2.36. The van der Waals surface area contributed by atoms with Gasteiger partial charge in [-0.2, -0.15) is 4.98 Å². The molecule has 0 saturated carbocycles. The van der Waals surface area contributed by atoms with E-state index in [0.29, 0.717) is 17.8 Å². The molecule has 25 heavy (non-hydrogen) atoms. The van der Waals surface area contributed by atoms with E-state index >= 15 is 0 Å². The lowest BCUT2D eigenvalue weighted by Crippen LogP contribution is -2.23. The highest BCUT2D eigenvalue weighted by atomic mass is 16.5. The molecule has 1 aliphatic heterocycles. The Labute approximate surface area is 146 Å². The van der Waals surface area contributed by atoms with Crippen LogP contribution in [0.2, 0.25) is 0 Å². The lowest BCUT2D eigenvalue weighted by molar-refractivity contribution is 0.414. The molecule has 0 unspecified atom stereocenters. The quantitative estimate of drug-likeness (QED) is 0.722. The van der Waals surface area contributed by atoms with Crippen LogP contribution in [0.15, 0.2) is 47.1 Å². The monoisotopic (exact) mass is 336 g/mol. The predicted octanol–water partition coefficient (Wildman–Crippen LogP) is 3.79. The van der Waals surface area contributed by atoms with E-state index in [1.165, 1.54) is 5.56 Å². The Morgan fingerprint density at radius 1 is 1.20 bits per heavy atom. The molecule has 128 valence electrons. The van der Waals surface area contributed by atoms with Crippen molar-refractivity contribution in [1.82, 2.24) is 15.1 Å². The maximum atomic E-state index is 5.28. The number of nitrogens with zero attached hydrogens (tertiary/aromatic N) is 4. The summed E-state index contributed by atoms with van der Waals surface area (Å²) in [5, 5.41) is 3.87. The standard InChI is InChI=1S/C19H20N4O2/c1-13-21-19(25-22-13)15-9-10-20-18(12-15)23-11-3-4-17(23)14-5-7-16(24-2)8-6-14/h5-10,12,17H,3-4,11H2,1-2H3/t17-/m1/s1. The molecule has 0 bridgehead atoms. The fourth-order valence-electron chi connectivity index (χ4n) is 3.34. The molecule has 0 amide bonds. The van der Waals surface area contributed by atoms with Gasteiger partial charge in [-0.1, -0.05) is 17.3 Å². The Morgan fingerprint density at radius 3 is 2.76 bits per heavy atom. The molecule has 1 aliphatic rings. The minimum atomic E-state index is 0.318. The van der Waals surface area contributed by atoms with Crippen LogP contribution in [0.4, 0.5) is 5.82 Å². The first-order valence-electron chi connectivity index (χ1n) is 8.42. The van der Waals surface area contributed by atoms with Crippen LogP contribution < -0.4 is 9.64 Å². The van der Waals surface area contributed by atoms with E-state index in [1.54, 1.807) is 13.3 Å². The summed E-state index contributed by atoms with van der Waals surface area (Å²) in [6.45, 7) is 2.80. The van der Waals surface area contributed by atoms with E-state index in [1.807, 2.05) is 31.2 Å². The first kappa shape index (κ1) is 15.6. The van der Waals surface area contributed by atoms with Gasteiger partial charge in [0, 0.05) is 18.3 Å². The Bertz CT molecular complexity index is 860. The van der Waals surface area contributed by atoms with Crippen molar-refractivity contribution < 1.29 is 9.26 Å². The zero-order valence-electron chi connectivity index (χ0n) is 14.3. The third kappa shape index (κ3) is 3.07. The number of pyridine rings is 1. The second-order valence-electron chi connectivity index (χ2n) is 6.17. The molecule has 6 nitrogen and oxygen atoms in total. The van der Waals surface area contributed by atoms with Gasteiger partial charge in [0.15, 0.2) is 5.82 Å². The zero-order valence-corrected chi connectivity index (χ0v) is 14.3. The zero-order chi connectivity index (χ0) is 17.2. The molecule has 4 rings (SSSR count). The van der Waals surface area contributed by atoms with Crippen LogP contribution in [0.1, 0.15) is 30.3 Å². The van der Waals surface area contributed by atoms with E-state index in [-0.39, 0.29) is 0 Å². The molecule has 1 aromatic carbocycles. The molecule has 0 spiro atoms. The second kappa shape index (κ2) is 6.55. The molecule has 1 fully saturated rings. The highest BCUT2D eigenvalue weighted by molar-refractivity contribution is 5.59. The molecule has 1 atom stereocenters. The summed E-state index contributed by atoms with van der Waals surface area (Å²) in [6.07, 6.45) is 4.05. The van der Waals surface area contributed by atoms with E-state index in [4.69, 9.17) is 9.26 Å². The van der Waals surface area contributed by atoms with Gasteiger partial charge in [0.05, 0.1) is 13.2 Å². The lowest BCUT2D eigenvalue weighted by Gasteiger charge is -2.26. The SMILES string of the molecule is COc1ccc([C@H]2CCCN2c2cc(-c3nc(C)no3)ccn2)cc1. The Hall–Kier alpha value is -2.89. The number of hydrogen-bond donors (Lipinski definition) is 0. The van der Waals surface area contributed by atoms with Crippen molar-refractivity contribution in [3.63, 3.8) is 0 Å². The van der Waals surface area contributed by atoms with Crippen LogP contribution in [-0.4, -0.2) is 28.8 Å². The summed E-state index contributed by atoms with van der Waals surface area (Å²) < 4.78 is 10.5.